The van der Waals surface area contributed by atoms with E-state index in [2.05, 4.69) is 53.2 Å². The molecule has 4 heteroatoms. The van der Waals surface area contributed by atoms with Gasteiger partial charge in [0.05, 0.1) is 6.04 Å². The van der Waals surface area contributed by atoms with Gasteiger partial charge >= 0.3 is 0 Å². The Morgan fingerprint density at radius 1 is 1.33 bits per heavy atom. The van der Waals surface area contributed by atoms with Crippen molar-refractivity contribution >= 4 is 27.3 Å². The molecule has 2 rings (SSSR count). The molecular formula is C17H29BrN2S. The average molecular weight is 373 g/mol. The largest absolute Gasteiger partial charge is 0.326 e. The lowest BCUT2D eigenvalue weighted by Crippen LogP contribution is -2.44. The third kappa shape index (κ3) is 4.31. The lowest BCUT2D eigenvalue weighted by Gasteiger charge is -2.40. The van der Waals surface area contributed by atoms with Gasteiger partial charge in [0, 0.05) is 26.8 Å². The minimum Gasteiger partial charge on any atom is -0.326 e. The summed E-state index contributed by atoms with van der Waals surface area (Å²) in [5, 5.41) is 2.17. The summed E-state index contributed by atoms with van der Waals surface area (Å²) in [6, 6.07) is 3.51. The van der Waals surface area contributed by atoms with Crippen LogP contribution in [0.5, 0.6) is 0 Å². The number of nitrogens with two attached hydrogens (primary N) is 1. The summed E-state index contributed by atoms with van der Waals surface area (Å²) in [7, 11) is 2.28. The van der Waals surface area contributed by atoms with Crippen LogP contribution in [0.3, 0.4) is 0 Å². The van der Waals surface area contributed by atoms with Gasteiger partial charge in [0.25, 0.3) is 0 Å². The zero-order valence-electron chi connectivity index (χ0n) is 13.5. The summed E-state index contributed by atoms with van der Waals surface area (Å²) in [5.41, 5.74) is 6.47. The average Bonchev–Trinajstić information content (AvgIpc) is 2.93. The van der Waals surface area contributed by atoms with Gasteiger partial charge < -0.3 is 5.73 Å². The summed E-state index contributed by atoms with van der Waals surface area (Å²) in [6.45, 7) is 4.52. The van der Waals surface area contributed by atoms with Gasteiger partial charge in [-0.2, -0.15) is 0 Å². The second-order valence-electron chi connectivity index (χ2n) is 6.43. The van der Waals surface area contributed by atoms with E-state index in [0.717, 1.165) is 12.3 Å². The van der Waals surface area contributed by atoms with Gasteiger partial charge in [-0.1, -0.05) is 20.3 Å². The second-order valence-corrected chi connectivity index (χ2v) is 8.29. The molecule has 0 radical (unpaired) electrons. The monoisotopic (exact) mass is 372 g/mol. The number of nitrogens with zero attached hydrogens (tertiary/aromatic N) is 1. The van der Waals surface area contributed by atoms with Crippen LogP contribution in [0.2, 0.25) is 0 Å². The number of likely N-dealkylation sites (N-methyl/N-ethyl adjacent to an activating group) is 1. The zero-order valence-corrected chi connectivity index (χ0v) is 15.9. The van der Waals surface area contributed by atoms with Gasteiger partial charge in [-0.15, -0.1) is 11.3 Å². The molecule has 0 amide bonds. The zero-order chi connectivity index (χ0) is 15.4. The SMILES string of the molecule is CCC1CCC(N(C)C(c2cc(Br)cs2)C(N)CC)CC1. The molecule has 2 nitrogen and oxygen atoms in total. The molecule has 0 bridgehead atoms. The third-order valence-electron chi connectivity index (χ3n) is 5.16. The van der Waals surface area contributed by atoms with Gasteiger partial charge in [-0.3, -0.25) is 4.90 Å². The van der Waals surface area contributed by atoms with Crippen LogP contribution < -0.4 is 5.73 Å². The van der Waals surface area contributed by atoms with Crippen molar-refractivity contribution in [3.8, 4) is 0 Å². The maximum Gasteiger partial charge on any atom is 0.0593 e. The minimum absolute atomic E-state index is 0.212. The lowest BCUT2D eigenvalue weighted by molar-refractivity contribution is 0.105. The van der Waals surface area contributed by atoms with Crippen LogP contribution in [-0.4, -0.2) is 24.0 Å². The molecular weight excluding hydrogens is 344 g/mol. The molecule has 2 N–H and O–H groups in total. The number of thiophene rings is 1. The molecule has 120 valence electrons. The molecule has 1 fully saturated rings. The minimum atomic E-state index is 0.212. The van der Waals surface area contributed by atoms with Crippen molar-refractivity contribution in [3.05, 3.63) is 20.8 Å². The predicted molar refractivity (Wildman–Crippen MR) is 96.8 cm³/mol. The topological polar surface area (TPSA) is 29.3 Å². The highest BCUT2D eigenvalue weighted by Crippen LogP contribution is 2.37. The first-order valence-electron chi connectivity index (χ1n) is 8.28. The van der Waals surface area contributed by atoms with Gasteiger partial charge in [-0.05, 0) is 67.1 Å². The first kappa shape index (κ1) is 17.5. The van der Waals surface area contributed by atoms with Gasteiger partial charge in [0.2, 0.25) is 0 Å². The van der Waals surface area contributed by atoms with E-state index in [-0.39, 0.29) is 6.04 Å². The molecule has 0 saturated heterocycles. The summed E-state index contributed by atoms with van der Waals surface area (Å²) < 4.78 is 1.18. The van der Waals surface area contributed by atoms with Crippen molar-refractivity contribution in [2.45, 2.75) is 70.5 Å². The molecule has 21 heavy (non-hydrogen) atoms. The van der Waals surface area contributed by atoms with Crippen LogP contribution in [0.15, 0.2) is 15.9 Å². The predicted octanol–water partition coefficient (Wildman–Crippen LogP) is 5.19. The maximum atomic E-state index is 6.47. The normalized spacial score (nSPS) is 26.0. The van der Waals surface area contributed by atoms with Crippen LogP contribution in [0.1, 0.15) is 63.3 Å². The van der Waals surface area contributed by atoms with E-state index in [1.165, 1.54) is 41.5 Å². The van der Waals surface area contributed by atoms with Crippen molar-refractivity contribution in [3.63, 3.8) is 0 Å². The molecule has 1 heterocycles. The van der Waals surface area contributed by atoms with Crippen LogP contribution in [0.4, 0.5) is 0 Å². The van der Waals surface area contributed by atoms with Crippen LogP contribution in [0.25, 0.3) is 0 Å². The number of hydrogen-bond acceptors (Lipinski definition) is 3. The summed E-state index contributed by atoms with van der Waals surface area (Å²) in [5.74, 6) is 0.948. The highest BCUT2D eigenvalue weighted by Gasteiger charge is 2.31. The highest BCUT2D eigenvalue weighted by atomic mass is 79.9. The lowest BCUT2D eigenvalue weighted by atomic mass is 9.83. The molecule has 2 unspecified atom stereocenters. The van der Waals surface area contributed by atoms with Crippen molar-refractivity contribution < 1.29 is 0 Å². The van der Waals surface area contributed by atoms with Gasteiger partial charge in [0.15, 0.2) is 0 Å². The first-order valence-corrected chi connectivity index (χ1v) is 9.95. The van der Waals surface area contributed by atoms with Crippen molar-refractivity contribution in [2.75, 3.05) is 7.05 Å². The van der Waals surface area contributed by atoms with E-state index in [1.54, 1.807) is 0 Å². The Kier molecular flexibility index (Phi) is 6.73. The number of rotatable bonds is 6. The van der Waals surface area contributed by atoms with Gasteiger partial charge in [-0.25, -0.2) is 0 Å². The van der Waals surface area contributed by atoms with E-state index in [4.69, 9.17) is 5.73 Å². The fourth-order valence-corrected chi connectivity index (χ4v) is 5.28. The van der Waals surface area contributed by atoms with Crippen LogP contribution in [-0.2, 0) is 0 Å². The van der Waals surface area contributed by atoms with Crippen molar-refractivity contribution in [2.24, 2.45) is 11.7 Å². The van der Waals surface area contributed by atoms with Crippen molar-refractivity contribution in [1.82, 2.24) is 4.90 Å². The Balaban J connectivity index is 2.10. The van der Waals surface area contributed by atoms with E-state index in [9.17, 15) is 0 Å². The fourth-order valence-electron chi connectivity index (χ4n) is 3.61. The molecule has 0 spiro atoms. The van der Waals surface area contributed by atoms with Crippen molar-refractivity contribution in [1.29, 1.82) is 0 Å². The highest BCUT2D eigenvalue weighted by molar-refractivity contribution is 9.10. The van der Waals surface area contributed by atoms with E-state index in [0.29, 0.717) is 12.1 Å². The second kappa shape index (κ2) is 8.09. The summed E-state index contributed by atoms with van der Waals surface area (Å²) in [6.07, 6.45) is 7.78. The van der Waals surface area contributed by atoms with Gasteiger partial charge in [0.1, 0.15) is 0 Å². The van der Waals surface area contributed by atoms with E-state index < -0.39 is 0 Å². The standard InChI is InChI=1S/C17H29BrN2S/c1-4-12-6-8-14(9-7-12)20(3)17(15(19)5-2)16-10-13(18)11-21-16/h10-12,14-15,17H,4-9,19H2,1-3H3. The molecule has 1 aromatic heterocycles. The smallest absolute Gasteiger partial charge is 0.0593 e. The molecule has 0 aliphatic heterocycles. The molecule has 1 aliphatic rings. The number of halogens is 1. The molecule has 2 atom stereocenters. The third-order valence-corrected chi connectivity index (χ3v) is 6.93. The Bertz CT molecular complexity index is 426. The van der Waals surface area contributed by atoms with E-state index >= 15 is 0 Å². The first-order chi connectivity index (χ1) is 10.1. The maximum absolute atomic E-state index is 6.47. The summed E-state index contributed by atoms with van der Waals surface area (Å²) >= 11 is 5.42. The fraction of sp³-hybridized carbons (Fsp3) is 0.765. The van der Waals surface area contributed by atoms with Crippen LogP contribution >= 0.6 is 27.3 Å². The Labute approximate surface area is 142 Å². The Morgan fingerprint density at radius 2 is 2.00 bits per heavy atom. The van der Waals surface area contributed by atoms with Crippen LogP contribution in [0, 0.1) is 5.92 Å². The molecule has 1 aromatic rings. The molecule has 0 aromatic carbocycles. The molecule has 1 saturated carbocycles. The Morgan fingerprint density at radius 3 is 2.48 bits per heavy atom. The Hall–Kier alpha value is 0.1000. The summed E-state index contributed by atoms with van der Waals surface area (Å²) in [4.78, 5) is 3.97. The van der Waals surface area contributed by atoms with E-state index in [1.807, 2.05) is 11.3 Å². The number of hydrogen-bond donors (Lipinski definition) is 1. The molecule has 1 aliphatic carbocycles. The quantitative estimate of drug-likeness (QED) is 0.744.